The van der Waals surface area contributed by atoms with Crippen LogP contribution in [-0.2, 0) is 21.2 Å². The molecule has 3 N–H and O–H groups in total. The number of aromatic nitrogens is 3. The monoisotopic (exact) mass is 477 g/mol. The van der Waals surface area contributed by atoms with Crippen molar-refractivity contribution in [2.75, 3.05) is 5.32 Å². The fourth-order valence-corrected chi connectivity index (χ4v) is 4.08. The SMILES string of the molecule is NS(=O)(=O)c1cc(NC(=O)Cc2ccccc2Cl)ccc1-n1nnc2c(F)cc(F)cc21. The highest BCUT2D eigenvalue weighted by Gasteiger charge is 2.21. The molecule has 12 heteroatoms. The number of nitrogens with one attached hydrogen (secondary N) is 1. The van der Waals surface area contributed by atoms with Gasteiger partial charge in [-0.1, -0.05) is 35.0 Å². The molecule has 0 aliphatic carbocycles. The topological polar surface area (TPSA) is 120 Å². The summed E-state index contributed by atoms with van der Waals surface area (Å²) in [7, 11) is -4.32. The molecule has 1 heterocycles. The third-order valence-electron chi connectivity index (χ3n) is 4.56. The van der Waals surface area contributed by atoms with Crippen LogP contribution in [0.1, 0.15) is 5.56 Å². The minimum atomic E-state index is -4.32. The first-order chi connectivity index (χ1) is 15.1. The van der Waals surface area contributed by atoms with Gasteiger partial charge in [0.05, 0.1) is 12.1 Å². The number of carbonyl (C=O) groups is 1. The number of nitrogens with two attached hydrogens (primary N) is 1. The summed E-state index contributed by atoms with van der Waals surface area (Å²) in [6, 6.07) is 12.2. The van der Waals surface area contributed by atoms with E-state index >= 15 is 0 Å². The number of rotatable bonds is 5. The lowest BCUT2D eigenvalue weighted by Crippen LogP contribution is -2.18. The summed E-state index contributed by atoms with van der Waals surface area (Å²) in [4.78, 5) is 12.0. The quantitative estimate of drug-likeness (QED) is 0.457. The molecule has 1 amide bonds. The normalized spacial score (nSPS) is 11.6. The number of nitrogens with zero attached hydrogens (tertiary/aromatic N) is 3. The Morgan fingerprint density at radius 1 is 1.12 bits per heavy atom. The van der Waals surface area contributed by atoms with Gasteiger partial charge in [0.25, 0.3) is 0 Å². The fraction of sp³-hybridized carbons (Fsp3) is 0.0500. The molecule has 32 heavy (non-hydrogen) atoms. The maximum atomic E-state index is 14.0. The molecule has 0 saturated heterocycles. The molecule has 0 fully saturated rings. The van der Waals surface area contributed by atoms with Crippen molar-refractivity contribution in [3.8, 4) is 5.69 Å². The lowest BCUT2D eigenvalue weighted by atomic mass is 10.1. The zero-order chi connectivity index (χ0) is 23.0. The molecule has 4 rings (SSSR count). The number of fused-ring (bicyclic) bond motifs is 1. The molecule has 164 valence electrons. The molecule has 0 unspecified atom stereocenters. The van der Waals surface area contributed by atoms with Crippen LogP contribution in [0.15, 0.2) is 59.5 Å². The summed E-state index contributed by atoms with van der Waals surface area (Å²) in [5, 5.41) is 15.7. The Bertz CT molecular complexity index is 1470. The zero-order valence-electron chi connectivity index (χ0n) is 16.1. The van der Waals surface area contributed by atoms with E-state index in [0.717, 1.165) is 16.8 Å². The molecule has 0 radical (unpaired) electrons. The van der Waals surface area contributed by atoms with E-state index in [1.165, 1.54) is 12.1 Å². The lowest BCUT2D eigenvalue weighted by Gasteiger charge is -2.12. The van der Waals surface area contributed by atoms with Crippen LogP contribution in [0.5, 0.6) is 0 Å². The Morgan fingerprint density at radius 2 is 1.88 bits per heavy atom. The minimum absolute atomic E-state index is 0.0433. The van der Waals surface area contributed by atoms with Crippen molar-refractivity contribution >= 4 is 44.3 Å². The number of amides is 1. The van der Waals surface area contributed by atoms with Crippen molar-refractivity contribution < 1.29 is 22.0 Å². The number of primary sulfonamides is 1. The molecule has 0 saturated carbocycles. The lowest BCUT2D eigenvalue weighted by molar-refractivity contribution is -0.115. The van der Waals surface area contributed by atoms with E-state index < -0.39 is 32.5 Å². The van der Waals surface area contributed by atoms with Gasteiger partial charge in [0, 0.05) is 22.8 Å². The predicted octanol–water partition coefficient (Wildman–Crippen LogP) is 3.18. The highest BCUT2D eigenvalue weighted by molar-refractivity contribution is 7.89. The van der Waals surface area contributed by atoms with Crippen molar-refractivity contribution in [1.82, 2.24) is 15.0 Å². The smallest absolute Gasteiger partial charge is 0.240 e. The van der Waals surface area contributed by atoms with Crippen LogP contribution in [0.2, 0.25) is 5.02 Å². The van der Waals surface area contributed by atoms with Crippen molar-refractivity contribution in [1.29, 1.82) is 0 Å². The first kappa shape index (κ1) is 21.8. The van der Waals surface area contributed by atoms with Gasteiger partial charge >= 0.3 is 0 Å². The van der Waals surface area contributed by atoms with Crippen LogP contribution < -0.4 is 10.5 Å². The second-order valence-corrected chi connectivity index (χ2v) is 8.74. The van der Waals surface area contributed by atoms with Crippen molar-refractivity contribution in [2.45, 2.75) is 11.3 Å². The van der Waals surface area contributed by atoms with Crippen LogP contribution in [0.4, 0.5) is 14.5 Å². The number of sulfonamides is 1. The first-order valence-electron chi connectivity index (χ1n) is 9.04. The van der Waals surface area contributed by atoms with Gasteiger partial charge in [-0.25, -0.2) is 27.0 Å². The highest BCUT2D eigenvalue weighted by atomic mass is 35.5. The Labute approximate surface area is 185 Å². The van der Waals surface area contributed by atoms with E-state index in [9.17, 15) is 22.0 Å². The molecule has 0 aliphatic rings. The molecule has 3 aromatic carbocycles. The van der Waals surface area contributed by atoms with Crippen LogP contribution in [0.3, 0.4) is 0 Å². The molecule has 0 spiro atoms. The average Bonchev–Trinajstić information content (AvgIpc) is 3.13. The van der Waals surface area contributed by atoms with Crippen LogP contribution in [-0.4, -0.2) is 29.3 Å². The van der Waals surface area contributed by atoms with E-state index in [1.807, 2.05) is 0 Å². The van der Waals surface area contributed by atoms with E-state index in [2.05, 4.69) is 15.6 Å². The molecule has 4 aromatic rings. The molecule has 1 aromatic heterocycles. The van der Waals surface area contributed by atoms with Gasteiger partial charge in [-0.2, -0.15) is 0 Å². The Morgan fingerprint density at radius 3 is 2.59 bits per heavy atom. The second-order valence-electron chi connectivity index (χ2n) is 6.80. The number of benzene rings is 3. The number of carbonyl (C=O) groups excluding carboxylic acids is 1. The summed E-state index contributed by atoms with van der Waals surface area (Å²) in [5.41, 5.74) is 0.292. The van der Waals surface area contributed by atoms with Gasteiger partial charge in [0.2, 0.25) is 15.9 Å². The molecule has 0 aliphatic heterocycles. The van der Waals surface area contributed by atoms with Crippen LogP contribution in [0.25, 0.3) is 16.7 Å². The second kappa shape index (κ2) is 8.26. The minimum Gasteiger partial charge on any atom is -0.326 e. The van der Waals surface area contributed by atoms with E-state index in [4.69, 9.17) is 16.7 Å². The maximum Gasteiger partial charge on any atom is 0.240 e. The molecular formula is C20H14ClF2N5O3S. The fourth-order valence-electron chi connectivity index (χ4n) is 3.14. The first-order valence-corrected chi connectivity index (χ1v) is 11.0. The van der Waals surface area contributed by atoms with E-state index in [0.29, 0.717) is 16.7 Å². The van der Waals surface area contributed by atoms with Gasteiger partial charge < -0.3 is 5.32 Å². The Kier molecular flexibility index (Phi) is 5.63. The maximum absolute atomic E-state index is 14.0. The summed E-state index contributed by atoms with van der Waals surface area (Å²) in [5.74, 6) is -2.28. The van der Waals surface area contributed by atoms with E-state index in [1.54, 1.807) is 24.3 Å². The van der Waals surface area contributed by atoms with Crippen molar-refractivity contribution in [3.05, 3.63) is 76.8 Å². The standard InChI is InChI=1S/C20H14ClF2N5O3S/c21-14-4-2-1-3-11(14)7-19(29)25-13-5-6-16(18(10-13)32(24,30)31)28-17-9-12(22)8-15(23)20(17)26-27-28/h1-6,8-10H,7H2,(H,25,29)(H2,24,30,31). The van der Waals surface area contributed by atoms with Crippen molar-refractivity contribution in [3.63, 3.8) is 0 Å². The largest absolute Gasteiger partial charge is 0.326 e. The van der Waals surface area contributed by atoms with Crippen LogP contribution >= 0.6 is 11.6 Å². The van der Waals surface area contributed by atoms with Gasteiger partial charge in [-0.15, -0.1) is 5.10 Å². The zero-order valence-corrected chi connectivity index (χ0v) is 17.7. The Balaban J connectivity index is 1.72. The van der Waals surface area contributed by atoms with Crippen LogP contribution in [0, 0.1) is 11.6 Å². The predicted molar refractivity (Wildman–Crippen MR) is 114 cm³/mol. The van der Waals surface area contributed by atoms with Crippen molar-refractivity contribution in [2.24, 2.45) is 5.14 Å². The molecule has 8 nitrogen and oxygen atoms in total. The Hall–Kier alpha value is -3.41. The summed E-state index contributed by atoms with van der Waals surface area (Å²) < 4.78 is 53.1. The summed E-state index contributed by atoms with van der Waals surface area (Å²) in [6.07, 6.45) is -0.0433. The third kappa shape index (κ3) is 4.31. The highest BCUT2D eigenvalue weighted by Crippen LogP contribution is 2.27. The average molecular weight is 478 g/mol. The number of hydrogen-bond acceptors (Lipinski definition) is 5. The van der Waals surface area contributed by atoms with Gasteiger partial charge in [-0.3, -0.25) is 4.79 Å². The van der Waals surface area contributed by atoms with Gasteiger partial charge in [0.1, 0.15) is 21.7 Å². The summed E-state index contributed by atoms with van der Waals surface area (Å²) >= 11 is 6.06. The summed E-state index contributed by atoms with van der Waals surface area (Å²) in [6.45, 7) is 0. The number of anilines is 1. The van der Waals surface area contributed by atoms with E-state index in [-0.39, 0.29) is 28.8 Å². The molecule has 0 bridgehead atoms. The number of halogens is 3. The van der Waals surface area contributed by atoms with Gasteiger partial charge in [0.15, 0.2) is 5.82 Å². The molecular weight excluding hydrogens is 464 g/mol. The number of hydrogen-bond donors (Lipinski definition) is 2. The van der Waals surface area contributed by atoms with Gasteiger partial charge in [-0.05, 0) is 29.8 Å². The molecule has 0 atom stereocenters. The third-order valence-corrected chi connectivity index (χ3v) is 5.87.